The van der Waals surface area contributed by atoms with E-state index in [2.05, 4.69) is 30.1 Å². The molecule has 20 heavy (non-hydrogen) atoms. The van der Waals surface area contributed by atoms with Crippen LogP contribution in [-0.2, 0) is 4.79 Å². The highest BCUT2D eigenvalue weighted by atomic mass is 16.2. The van der Waals surface area contributed by atoms with Gasteiger partial charge in [0.15, 0.2) is 0 Å². The van der Waals surface area contributed by atoms with E-state index in [1.165, 1.54) is 18.4 Å². The summed E-state index contributed by atoms with van der Waals surface area (Å²) in [6.45, 7) is 7.76. The van der Waals surface area contributed by atoms with E-state index in [-0.39, 0.29) is 18.0 Å². The Morgan fingerprint density at radius 1 is 1.35 bits per heavy atom. The quantitative estimate of drug-likeness (QED) is 0.610. The van der Waals surface area contributed by atoms with Crippen LogP contribution in [0.1, 0.15) is 26.7 Å². The van der Waals surface area contributed by atoms with Crippen molar-refractivity contribution in [2.45, 2.75) is 32.7 Å². The first-order valence-corrected chi connectivity index (χ1v) is 7.56. The summed E-state index contributed by atoms with van der Waals surface area (Å²) in [7, 11) is 0. The van der Waals surface area contributed by atoms with Gasteiger partial charge in [-0.3, -0.25) is 15.0 Å². The second kappa shape index (κ2) is 5.20. The molecule has 2 aliphatic heterocycles. The molecule has 1 N–H and O–H groups in total. The van der Waals surface area contributed by atoms with Gasteiger partial charge < -0.3 is 4.90 Å². The molecule has 2 saturated heterocycles. The Bertz CT molecular complexity index is 460. The van der Waals surface area contributed by atoms with Gasteiger partial charge in [-0.15, -0.1) is 0 Å². The van der Waals surface area contributed by atoms with E-state index in [1.54, 1.807) is 4.90 Å². The number of piperazine rings is 1. The fourth-order valence-electron chi connectivity index (χ4n) is 3.71. The van der Waals surface area contributed by atoms with Crippen molar-refractivity contribution in [1.29, 1.82) is 0 Å². The fourth-order valence-corrected chi connectivity index (χ4v) is 3.71. The minimum atomic E-state index is -0.278. The van der Waals surface area contributed by atoms with E-state index in [0.29, 0.717) is 24.9 Å². The minimum Gasteiger partial charge on any atom is -0.310 e. The minimum absolute atomic E-state index is 0.136. The zero-order valence-corrected chi connectivity index (χ0v) is 12.3. The lowest BCUT2D eigenvalue weighted by atomic mass is 9.79. The Morgan fingerprint density at radius 3 is 2.90 bits per heavy atom. The first kappa shape index (κ1) is 13.6. The van der Waals surface area contributed by atoms with Crippen LogP contribution in [0.4, 0.5) is 4.79 Å². The van der Waals surface area contributed by atoms with Gasteiger partial charge in [-0.2, -0.15) is 0 Å². The Kier molecular flexibility index (Phi) is 3.54. The Morgan fingerprint density at radius 2 is 2.15 bits per heavy atom. The van der Waals surface area contributed by atoms with Gasteiger partial charge in [-0.05, 0) is 31.6 Å². The Hall–Kier alpha value is -1.36. The maximum absolute atomic E-state index is 11.8. The second-order valence-corrected chi connectivity index (χ2v) is 6.37. The summed E-state index contributed by atoms with van der Waals surface area (Å²) in [5, 5.41) is 2.41. The number of carbonyl (C=O) groups is 2. The average Bonchev–Trinajstić information content (AvgIpc) is 2.69. The van der Waals surface area contributed by atoms with Crippen LogP contribution in [0.2, 0.25) is 0 Å². The molecule has 3 atom stereocenters. The molecule has 0 radical (unpaired) electrons. The molecule has 0 aromatic heterocycles. The van der Waals surface area contributed by atoms with Crippen LogP contribution >= 0.6 is 0 Å². The molecule has 3 aliphatic rings. The molecular formula is C15H23N3O2. The van der Waals surface area contributed by atoms with E-state index >= 15 is 0 Å². The van der Waals surface area contributed by atoms with Crippen molar-refractivity contribution >= 4 is 11.9 Å². The maximum Gasteiger partial charge on any atom is 0.324 e. The number of nitrogens with one attached hydrogen (secondary N) is 1. The molecule has 2 fully saturated rings. The van der Waals surface area contributed by atoms with E-state index in [4.69, 9.17) is 0 Å². The molecule has 0 bridgehead atoms. The highest BCUT2D eigenvalue weighted by molar-refractivity contribution is 6.04. The Balaban J connectivity index is 1.65. The number of imide groups is 1. The lowest BCUT2D eigenvalue weighted by Gasteiger charge is -2.39. The standard InChI is InChI=1S/C15H23N3O2/c1-10-4-3-5-11(2)12(10)8-17-6-7-18-13(9-17)14(19)16-15(18)20/h4,11-13H,3,5-9H2,1-2H3,(H,16,19,20)/t11-,12-,13+/m0/s1. The van der Waals surface area contributed by atoms with Gasteiger partial charge in [-0.1, -0.05) is 18.6 Å². The third-order valence-corrected chi connectivity index (χ3v) is 5.07. The number of fused-ring (bicyclic) bond motifs is 1. The molecule has 110 valence electrons. The van der Waals surface area contributed by atoms with Gasteiger partial charge in [0.05, 0.1) is 0 Å². The Labute approximate surface area is 120 Å². The second-order valence-electron chi connectivity index (χ2n) is 6.37. The van der Waals surface area contributed by atoms with Crippen molar-refractivity contribution in [3.63, 3.8) is 0 Å². The van der Waals surface area contributed by atoms with E-state index < -0.39 is 0 Å². The van der Waals surface area contributed by atoms with Gasteiger partial charge in [0.25, 0.3) is 5.91 Å². The highest BCUT2D eigenvalue weighted by Gasteiger charge is 2.42. The maximum atomic E-state index is 11.8. The van der Waals surface area contributed by atoms with Gasteiger partial charge in [-0.25, -0.2) is 4.79 Å². The van der Waals surface area contributed by atoms with Gasteiger partial charge in [0.1, 0.15) is 6.04 Å². The highest BCUT2D eigenvalue weighted by Crippen LogP contribution is 2.31. The predicted octanol–water partition coefficient (Wildman–Crippen LogP) is 1.21. The molecule has 3 amide bonds. The van der Waals surface area contributed by atoms with Crippen LogP contribution in [0.3, 0.4) is 0 Å². The topological polar surface area (TPSA) is 52.6 Å². The summed E-state index contributed by atoms with van der Waals surface area (Å²) in [4.78, 5) is 27.4. The lowest BCUT2D eigenvalue weighted by molar-refractivity contribution is -0.122. The monoisotopic (exact) mass is 277 g/mol. The summed E-state index contributed by atoms with van der Waals surface area (Å²) < 4.78 is 0. The third kappa shape index (κ3) is 2.35. The van der Waals surface area contributed by atoms with Crippen LogP contribution in [0, 0.1) is 11.8 Å². The molecule has 3 rings (SSSR count). The molecule has 5 heteroatoms. The summed E-state index contributed by atoms with van der Waals surface area (Å²) in [5.41, 5.74) is 1.48. The third-order valence-electron chi connectivity index (χ3n) is 5.07. The van der Waals surface area contributed by atoms with Crippen LogP contribution < -0.4 is 5.32 Å². The van der Waals surface area contributed by atoms with Crippen LogP contribution in [0.15, 0.2) is 11.6 Å². The van der Waals surface area contributed by atoms with Crippen molar-refractivity contribution in [3.05, 3.63) is 11.6 Å². The van der Waals surface area contributed by atoms with Crippen molar-refractivity contribution in [2.75, 3.05) is 26.2 Å². The number of allylic oxidation sites excluding steroid dienone is 1. The van der Waals surface area contributed by atoms with Gasteiger partial charge >= 0.3 is 6.03 Å². The number of hydrogen-bond donors (Lipinski definition) is 1. The van der Waals surface area contributed by atoms with E-state index in [9.17, 15) is 9.59 Å². The lowest BCUT2D eigenvalue weighted by Crippen LogP contribution is -2.54. The summed E-state index contributed by atoms with van der Waals surface area (Å²) >= 11 is 0. The molecule has 0 saturated carbocycles. The van der Waals surface area contributed by atoms with Crippen LogP contribution in [0.5, 0.6) is 0 Å². The van der Waals surface area contributed by atoms with E-state index in [1.807, 2.05) is 0 Å². The van der Waals surface area contributed by atoms with Crippen molar-refractivity contribution in [3.8, 4) is 0 Å². The normalized spacial score (nSPS) is 34.8. The number of urea groups is 1. The molecular weight excluding hydrogens is 254 g/mol. The number of amides is 3. The number of hydrogen-bond acceptors (Lipinski definition) is 3. The number of nitrogens with zero attached hydrogens (tertiary/aromatic N) is 2. The van der Waals surface area contributed by atoms with Crippen LogP contribution in [-0.4, -0.2) is 54.0 Å². The molecule has 5 nitrogen and oxygen atoms in total. The average molecular weight is 277 g/mol. The van der Waals surface area contributed by atoms with Crippen molar-refractivity contribution in [1.82, 2.24) is 15.1 Å². The van der Waals surface area contributed by atoms with Crippen molar-refractivity contribution < 1.29 is 9.59 Å². The summed E-state index contributed by atoms with van der Waals surface area (Å²) in [6.07, 6.45) is 4.80. The molecule has 0 unspecified atom stereocenters. The zero-order valence-electron chi connectivity index (χ0n) is 12.3. The first-order valence-electron chi connectivity index (χ1n) is 7.56. The predicted molar refractivity (Wildman–Crippen MR) is 76.1 cm³/mol. The number of carbonyl (C=O) groups excluding carboxylic acids is 2. The zero-order chi connectivity index (χ0) is 14.3. The largest absolute Gasteiger partial charge is 0.324 e. The molecule has 1 aliphatic carbocycles. The smallest absolute Gasteiger partial charge is 0.310 e. The molecule has 0 aromatic rings. The SMILES string of the molecule is CC1=CCC[C@H](C)[C@H]1CN1CCN2C(=O)NC(=O)[C@H]2C1. The molecule has 2 heterocycles. The molecule has 0 spiro atoms. The first-order chi connectivity index (χ1) is 9.56. The fraction of sp³-hybridized carbons (Fsp3) is 0.733. The van der Waals surface area contributed by atoms with Gasteiger partial charge in [0, 0.05) is 26.2 Å². The summed E-state index contributed by atoms with van der Waals surface area (Å²) in [6, 6.07) is -0.499. The number of rotatable bonds is 2. The summed E-state index contributed by atoms with van der Waals surface area (Å²) in [5.74, 6) is 1.16. The van der Waals surface area contributed by atoms with E-state index in [0.717, 1.165) is 13.1 Å². The molecule has 0 aromatic carbocycles. The van der Waals surface area contributed by atoms with Gasteiger partial charge in [0.2, 0.25) is 0 Å². The van der Waals surface area contributed by atoms with Crippen molar-refractivity contribution in [2.24, 2.45) is 11.8 Å². The van der Waals surface area contributed by atoms with Crippen LogP contribution in [0.25, 0.3) is 0 Å².